The van der Waals surface area contributed by atoms with Crippen LogP contribution in [-0.4, -0.2) is 31.5 Å². The van der Waals surface area contributed by atoms with E-state index in [1.165, 1.54) is 0 Å². The van der Waals surface area contributed by atoms with Gasteiger partial charge in [-0.05, 0) is 9.39 Å². The Kier molecular flexibility index (Phi) is 4.32. The summed E-state index contributed by atoms with van der Waals surface area (Å²) in [6, 6.07) is 0.723. The van der Waals surface area contributed by atoms with Crippen molar-refractivity contribution in [3.05, 3.63) is 27.7 Å². The third kappa shape index (κ3) is 3.22. The van der Waals surface area contributed by atoms with Crippen molar-refractivity contribution in [1.82, 2.24) is 4.34 Å². The molecular formula is C10H11F3NO5PS. The summed E-state index contributed by atoms with van der Waals surface area (Å²) in [5.74, 6) is -0.600. The first kappa shape index (κ1) is 16.3. The Morgan fingerprint density at radius 2 is 1.90 bits per heavy atom. The highest BCUT2D eigenvalue weighted by molar-refractivity contribution is 7.88. The van der Waals surface area contributed by atoms with Gasteiger partial charge in [0.1, 0.15) is 0 Å². The van der Waals surface area contributed by atoms with E-state index in [4.69, 9.17) is 4.74 Å². The van der Waals surface area contributed by atoms with Crippen molar-refractivity contribution in [3.63, 3.8) is 0 Å². The lowest BCUT2D eigenvalue weighted by Crippen LogP contribution is -2.29. The van der Waals surface area contributed by atoms with Crippen LogP contribution in [-0.2, 0) is 27.7 Å². The molecule has 1 aromatic heterocycles. The Morgan fingerprint density at radius 3 is 2.52 bits per heavy atom. The zero-order valence-corrected chi connectivity index (χ0v) is 12.5. The molecule has 1 aliphatic rings. The molecule has 21 heavy (non-hydrogen) atoms. The van der Waals surface area contributed by atoms with E-state index in [1.54, 1.807) is 0 Å². The molecule has 2 rings (SSSR count). The number of fused-ring (bicyclic) bond motifs is 1. The average molecular weight is 345 g/mol. The van der Waals surface area contributed by atoms with Gasteiger partial charge in [0.15, 0.2) is 5.75 Å². The molecule has 0 spiro atoms. The van der Waals surface area contributed by atoms with E-state index < -0.39 is 26.9 Å². The van der Waals surface area contributed by atoms with Gasteiger partial charge in [0.05, 0.1) is 13.2 Å². The predicted molar refractivity (Wildman–Crippen MR) is 69.6 cm³/mol. The SMILES string of the molecule is O=c1cc(OS(=O)(=O)C(F)(F)F)c2c(n1P)CCOCC2. The number of alkyl halides is 3. The Bertz CT molecular complexity index is 713. The maximum absolute atomic E-state index is 12.4. The van der Waals surface area contributed by atoms with Crippen molar-refractivity contribution >= 4 is 19.5 Å². The Balaban J connectivity index is 2.55. The van der Waals surface area contributed by atoms with Gasteiger partial charge in [-0.3, -0.25) is 9.13 Å². The maximum atomic E-state index is 12.4. The number of hydrogen-bond acceptors (Lipinski definition) is 5. The lowest BCUT2D eigenvalue weighted by molar-refractivity contribution is -0.0500. The summed E-state index contributed by atoms with van der Waals surface area (Å²) < 4.78 is 69.8. The van der Waals surface area contributed by atoms with Gasteiger partial charge in [-0.25, -0.2) is 0 Å². The van der Waals surface area contributed by atoms with Crippen LogP contribution in [0, 0.1) is 0 Å². The molecule has 0 aliphatic carbocycles. The van der Waals surface area contributed by atoms with Crippen LogP contribution < -0.4 is 9.74 Å². The number of pyridine rings is 1. The topological polar surface area (TPSA) is 74.6 Å². The van der Waals surface area contributed by atoms with Gasteiger partial charge in [-0.15, -0.1) is 0 Å². The fourth-order valence-corrected chi connectivity index (χ4v) is 2.75. The quantitative estimate of drug-likeness (QED) is 0.451. The molecule has 1 atom stereocenters. The summed E-state index contributed by atoms with van der Waals surface area (Å²) in [5.41, 5.74) is -5.66. The molecule has 0 aromatic carbocycles. The molecule has 1 aliphatic heterocycles. The average Bonchev–Trinajstić information content (AvgIpc) is 2.59. The van der Waals surface area contributed by atoms with Crippen LogP contribution in [0.25, 0.3) is 0 Å². The van der Waals surface area contributed by atoms with E-state index in [9.17, 15) is 26.4 Å². The smallest absolute Gasteiger partial charge is 0.381 e. The van der Waals surface area contributed by atoms with Crippen LogP contribution in [0.3, 0.4) is 0 Å². The Morgan fingerprint density at radius 1 is 1.29 bits per heavy atom. The first-order chi connectivity index (χ1) is 9.63. The monoisotopic (exact) mass is 345 g/mol. The van der Waals surface area contributed by atoms with E-state index in [-0.39, 0.29) is 31.6 Å². The predicted octanol–water partition coefficient (Wildman–Crippen LogP) is 0.830. The fourth-order valence-electron chi connectivity index (χ4n) is 1.91. The van der Waals surface area contributed by atoms with Crippen molar-refractivity contribution in [2.75, 3.05) is 13.2 Å². The molecule has 0 radical (unpaired) electrons. The minimum absolute atomic E-state index is 0.146. The van der Waals surface area contributed by atoms with E-state index >= 15 is 0 Å². The first-order valence-corrected chi connectivity index (χ1v) is 7.67. The van der Waals surface area contributed by atoms with E-state index in [0.29, 0.717) is 5.69 Å². The lowest BCUT2D eigenvalue weighted by Gasteiger charge is -2.16. The highest BCUT2D eigenvalue weighted by Crippen LogP contribution is 2.31. The number of hydrogen-bond donors (Lipinski definition) is 0. The summed E-state index contributed by atoms with van der Waals surface area (Å²) in [5, 5.41) is 0. The van der Waals surface area contributed by atoms with Crippen LogP contribution >= 0.6 is 9.39 Å². The minimum atomic E-state index is -5.82. The number of rotatable bonds is 2. The van der Waals surface area contributed by atoms with E-state index in [2.05, 4.69) is 13.6 Å². The Hall–Kier alpha value is -1.12. The van der Waals surface area contributed by atoms with Crippen molar-refractivity contribution in [2.45, 2.75) is 18.3 Å². The minimum Gasteiger partial charge on any atom is -0.381 e. The molecule has 0 fully saturated rings. The molecule has 0 bridgehead atoms. The zero-order valence-electron chi connectivity index (χ0n) is 10.5. The van der Waals surface area contributed by atoms with Crippen LogP contribution in [0.1, 0.15) is 11.3 Å². The van der Waals surface area contributed by atoms with Gasteiger partial charge in [0.25, 0.3) is 5.56 Å². The van der Waals surface area contributed by atoms with E-state index in [1.807, 2.05) is 0 Å². The third-order valence-corrected chi connectivity index (χ3v) is 4.42. The largest absolute Gasteiger partial charge is 0.534 e. The molecule has 118 valence electrons. The molecule has 0 saturated carbocycles. The lowest BCUT2D eigenvalue weighted by atomic mass is 10.1. The maximum Gasteiger partial charge on any atom is 0.534 e. The van der Waals surface area contributed by atoms with Crippen LogP contribution in [0.15, 0.2) is 10.9 Å². The summed E-state index contributed by atoms with van der Waals surface area (Å²) >= 11 is 0. The second kappa shape index (κ2) is 5.58. The van der Waals surface area contributed by atoms with Crippen molar-refractivity contribution in [2.24, 2.45) is 0 Å². The van der Waals surface area contributed by atoms with Gasteiger partial charge in [0, 0.05) is 30.2 Å². The molecule has 11 heteroatoms. The van der Waals surface area contributed by atoms with Gasteiger partial charge < -0.3 is 8.92 Å². The van der Waals surface area contributed by atoms with Crippen LogP contribution in [0.2, 0.25) is 0 Å². The summed E-state index contributed by atoms with van der Waals surface area (Å²) in [4.78, 5) is 11.7. The molecule has 0 amide bonds. The molecule has 0 saturated heterocycles. The molecular weight excluding hydrogens is 334 g/mol. The number of ether oxygens (including phenoxy) is 1. The van der Waals surface area contributed by atoms with Crippen molar-refractivity contribution in [3.8, 4) is 5.75 Å². The second-order valence-corrected chi connectivity index (χ2v) is 6.29. The van der Waals surface area contributed by atoms with Gasteiger partial charge in [-0.1, -0.05) is 0 Å². The van der Waals surface area contributed by atoms with E-state index in [0.717, 1.165) is 10.4 Å². The summed E-state index contributed by atoms with van der Waals surface area (Å²) in [6.45, 7) is 0.467. The van der Waals surface area contributed by atoms with Crippen LogP contribution in [0.5, 0.6) is 5.75 Å². The highest BCUT2D eigenvalue weighted by atomic mass is 32.2. The number of aromatic nitrogens is 1. The molecule has 1 aromatic rings. The van der Waals surface area contributed by atoms with Gasteiger partial charge in [0.2, 0.25) is 0 Å². The fraction of sp³-hybridized carbons (Fsp3) is 0.500. The second-order valence-electron chi connectivity index (χ2n) is 4.24. The van der Waals surface area contributed by atoms with Gasteiger partial charge >= 0.3 is 15.6 Å². The van der Waals surface area contributed by atoms with Crippen molar-refractivity contribution < 1.29 is 30.5 Å². The van der Waals surface area contributed by atoms with Crippen molar-refractivity contribution in [1.29, 1.82) is 0 Å². The zero-order chi connectivity index (χ0) is 15.8. The number of nitrogens with zero attached hydrogens (tertiary/aromatic N) is 1. The highest BCUT2D eigenvalue weighted by Gasteiger charge is 2.49. The van der Waals surface area contributed by atoms with Crippen LogP contribution in [0.4, 0.5) is 13.2 Å². The third-order valence-electron chi connectivity index (χ3n) is 2.89. The summed E-state index contributed by atoms with van der Waals surface area (Å²) in [7, 11) is -3.69. The summed E-state index contributed by atoms with van der Waals surface area (Å²) in [6.07, 6.45) is 0.407. The molecule has 6 nitrogen and oxygen atoms in total. The standard InChI is InChI=1S/C10H11F3NO5PS/c11-10(12,13)21(16,17)19-8-5-9(15)14(20)7-2-4-18-3-1-6(7)8/h5H,1-4,20H2. The van der Waals surface area contributed by atoms with Gasteiger partial charge in [-0.2, -0.15) is 21.6 Å². The Labute approximate surface area is 120 Å². The number of halogens is 3. The molecule has 1 unspecified atom stereocenters. The molecule has 2 heterocycles. The first-order valence-electron chi connectivity index (χ1n) is 5.75. The molecule has 0 N–H and O–H groups in total. The normalized spacial score (nSPS) is 16.2.